The van der Waals surface area contributed by atoms with Gasteiger partial charge < -0.3 is 9.64 Å². The second-order valence-corrected chi connectivity index (χ2v) is 5.08. The summed E-state index contributed by atoms with van der Waals surface area (Å²) in [6, 6.07) is 0. The van der Waals surface area contributed by atoms with E-state index in [0.717, 1.165) is 0 Å². The first-order valence-corrected chi connectivity index (χ1v) is 6.17. The average Bonchev–Trinajstić information content (AvgIpc) is 1.99. The van der Waals surface area contributed by atoms with Crippen molar-refractivity contribution in [1.29, 1.82) is 0 Å². The van der Waals surface area contributed by atoms with E-state index in [1.807, 2.05) is 13.8 Å². The lowest BCUT2D eigenvalue weighted by atomic mass is 10.5. The summed E-state index contributed by atoms with van der Waals surface area (Å²) >= 11 is 0. The Labute approximate surface area is 85.8 Å². The highest BCUT2D eigenvalue weighted by Crippen LogP contribution is 1.91. The monoisotopic (exact) mass is 225 g/mol. The lowest BCUT2D eigenvalue weighted by Gasteiger charge is -2.16. The summed E-state index contributed by atoms with van der Waals surface area (Å²) in [5.41, 5.74) is 0. The molecule has 0 aromatic carbocycles. The van der Waals surface area contributed by atoms with Crippen LogP contribution in [0, 0.1) is 0 Å². The van der Waals surface area contributed by atoms with Gasteiger partial charge in [0.15, 0.2) is 0 Å². The van der Waals surface area contributed by atoms with E-state index >= 15 is 0 Å². The quantitative estimate of drug-likeness (QED) is 0.628. The van der Waals surface area contributed by atoms with Gasteiger partial charge in [-0.1, -0.05) is 0 Å². The van der Waals surface area contributed by atoms with Crippen molar-refractivity contribution >= 4 is 10.1 Å². The summed E-state index contributed by atoms with van der Waals surface area (Å²) < 4.78 is 34.6. The Kier molecular flexibility index (Phi) is 6.26. The Morgan fingerprint density at radius 1 is 1.36 bits per heavy atom. The molecule has 0 aliphatic heterocycles. The van der Waals surface area contributed by atoms with Gasteiger partial charge in [-0.15, -0.1) is 0 Å². The summed E-state index contributed by atoms with van der Waals surface area (Å²) in [5, 5.41) is 0. The molecule has 1 N–H and O–H groups in total. The predicted molar refractivity (Wildman–Crippen MR) is 55.0 cm³/mol. The Morgan fingerprint density at radius 3 is 2.36 bits per heavy atom. The molecule has 6 heteroatoms. The van der Waals surface area contributed by atoms with Crippen LogP contribution in [0.5, 0.6) is 0 Å². The molecule has 0 unspecified atom stereocenters. The molecule has 86 valence electrons. The van der Waals surface area contributed by atoms with E-state index in [1.165, 1.54) is 0 Å². The number of rotatable bonds is 7. The Balaban J connectivity index is 3.51. The van der Waals surface area contributed by atoms with E-state index < -0.39 is 10.1 Å². The van der Waals surface area contributed by atoms with Crippen LogP contribution in [0.3, 0.4) is 0 Å². The van der Waals surface area contributed by atoms with Gasteiger partial charge in [0.05, 0.1) is 18.5 Å². The standard InChI is InChI=1S/C8H19NO4S/c1-8(2)13-6-4-9(3)5-7-14(10,11)12/h8H,4-7H2,1-3H3,(H,10,11,12). The number of likely N-dealkylation sites (N-methyl/N-ethyl adjacent to an activating group) is 1. The highest BCUT2D eigenvalue weighted by Gasteiger charge is 2.06. The van der Waals surface area contributed by atoms with Crippen molar-refractivity contribution in [3.05, 3.63) is 0 Å². The van der Waals surface area contributed by atoms with Crippen molar-refractivity contribution in [1.82, 2.24) is 4.90 Å². The van der Waals surface area contributed by atoms with E-state index in [-0.39, 0.29) is 11.9 Å². The number of nitrogens with zero attached hydrogens (tertiary/aromatic N) is 1. The van der Waals surface area contributed by atoms with Crippen molar-refractivity contribution in [2.45, 2.75) is 20.0 Å². The zero-order chi connectivity index (χ0) is 11.2. The lowest BCUT2D eigenvalue weighted by Crippen LogP contribution is -2.29. The van der Waals surface area contributed by atoms with Crippen LogP contribution >= 0.6 is 0 Å². The summed E-state index contributed by atoms with van der Waals surface area (Å²) in [7, 11) is -2.06. The minimum absolute atomic E-state index is 0.185. The zero-order valence-corrected chi connectivity index (χ0v) is 9.75. The summed E-state index contributed by atoms with van der Waals surface area (Å²) in [6.45, 7) is 5.43. The minimum Gasteiger partial charge on any atom is -0.377 e. The van der Waals surface area contributed by atoms with Crippen LogP contribution in [-0.4, -0.2) is 56.5 Å². The Morgan fingerprint density at radius 2 is 1.93 bits per heavy atom. The third kappa shape index (κ3) is 9.91. The molecule has 0 fully saturated rings. The molecular formula is C8H19NO4S. The maximum absolute atomic E-state index is 10.4. The number of hydrogen-bond acceptors (Lipinski definition) is 4. The molecule has 0 atom stereocenters. The smallest absolute Gasteiger partial charge is 0.266 e. The van der Waals surface area contributed by atoms with E-state index in [2.05, 4.69) is 0 Å². The van der Waals surface area contributed by atoms with E-state index in [9.17, 15) is 8.42 Å². The highest BCUT2D eigenvalue weighted by atomic mass is 32.2. The fourth-order valence-electron chi connectivity index (χ4n) is 0.827. The molecule has 0 radical (unpaired) electrons. The van der Waals surface area contributed by atoms with Gasteiger partial charge >= 0.3 is 0 Å². The molecule has 0 bridgehead atoms. The molecule has 14 heavy (non-hydrogen) atoms. The van der Waals surface area contributed by atoms with Gasteiger partial charge in [-0.05, 0) is 20.9 Å². The molecule has 0 aliphatic rings. The number of hydrogen-bond donors (Lipinski definition) is 1. The fourth-order valence-corrected chi connectivity index (χ4v) is 1.37. The molecule has 0 saturated heterocycles. The molecular weight excluding hydrogens is 206 g/mol. The van der Waals surface area contributed by atoms with E-state index in [4.69, 9.17) is 9.29 Å². The first kappa shape index (κ1) is 13.8. The second kappa shape index (κ2) is 6.34. The zero-order valence-electron chi connectivity index (χ0n) is 8.93. The minimum atomic E-state index is -3.84. The van der Waals surface area contributed by atoms with Crippen LogP contribution in [0.2, 0.25) is 0 Å². The SMILES string of the molecule is CC(C)OCCN(C)CCS(=O)(=O)O. The van der Waals surface area contributed by atoms with E-state index in [1.54, 1.807) is 11.9 Å². The second-order valence-electron chi connectivity index (χ2n) is 3.51. The molecule has 0 saturated carbocycles. The predicted octanol–water partition coefficient (Wildman–Crippen LogP) is 0.231. The third-order valence-corrected chi connectivity index (χ3v) is 2.35. The first-order valence-electron chi connectivity index (χ1n) is 4.56. The average molecular weight is 225 g/mol. The van der Waals surface area contributed by atoms with Gasteiger partial charge in [0.1, 0.15) is 0 Å². The van der Waals surface area contributed by atoms with Gasteiger partial charge in [-0.3, -0.25) is 4.55 Å². The van der Waals surface area contributed by atoms with Crippen LogP contribution in [0.4, 0.5) is 0 Å². The van der Waals surface area contributed by atoms with Crippen molar-refractivity contribution in [2.75, 3.05) is 32.5 Å². The number of ether oxygens (including phenoxy) is 1. The maximum atomic E-state index is 10.4. The molecule has 0 rings (SSSR count). The van der Waals surface area contributed by atoms with Gasteiger partial charge in [0, 0.05) is 13.1 Å². The summed E-state index contributed by atoms with van der Waals surface area (Å²) in [4.78, 5) is 1.80. The van der Waals surface area contributed by atoms with Gasteiger partial charge in [-0.2, -0.15) is 8.42 Å². The largest absolute Gasteiger partial charge is 0.377 e. The van der Waals surface area contributed by atoms with Crippen molar-refractivity contribution in [3.8, 4) is 0 Å². The topological polar surface area (TPSA) is 66.8 Å². The Hall–Kier alpha value is -0.170. The Bertz CT molecular complexity index is 238. The van der Waals surface area contributed by atoms with Gasteiger partial charge in [0.25, 0.3) is 10.1 Å². The van der Waals surface area contributed by atoms with Crippen LogP contribution in [-0.2, 0) is 14.9 Å². The third-order valence-electron chi connectivity index (χ3n) is 1.66. The maximum Gasteiger partial charge on any atom is 0.266 e. The highest BCUT2D eigenvalue weighted by molar-refractivity contribution is 7.85. The fraction of sp³-hybridized carbons (Fsp3) is 1.00. The molecule has 0 amide bonds. The summed E-state index contributed by atoms with van der Waals surface area (Å²) in [5.74, 6) is -0.231. The van der Waals surface area contributed by atoms with Crippen molar-refractivity contribution in [3.63, 3.8) is 0 Å². The molecule has 0 aromatic rings. The van der Waals surface area contributed by atoms with Gasteiger partial charge in [0.2, 0.25) is 0 Å². The molecule has 0 aromatic heterocycles. The lowest BCUT2D eigenvalue weighted by molar-refractivity contribution is 0.0648. The summed E-state index contributed by atoms with van der Waals surface area (Å²) in [6.07, 6.45) is 0.185. The van der Waals surface area contributed by atoms with Crippen LogP contribution in [0.15, 0.2) is 0 Å². The molecule has 0 heterocycles. The molecule has 0 aliphatic carbocycles. The van der Waals surface area contributed by atoms with Crippen LogP contribution in [0.1, 0.15) is 13.8 Å². The molecule has 0 spiro atoms. The van der Waals surface area contributed by atoms with Gasteiger partial charge in [-0.25, -0.2) is 0 Å². The van der Waals surface area contributed by atoms with Crippen LogP contribution in [0.25, 0.3) is 0 Å². The normalized spacial score (nSPS) is 12.7. The van der Waals surface area contributed by atoms with Crippen molar-refractivity contribution in [2.24, 2.45) is 0 Å². The van der Waals surface area contributed by atoms with Crippen LogP contribution < -0.4 is 0 Å². The van der Waals surface area contributed by atoms with E-state index in [0.29, 0.717) is 19.7 Å². The molecule has 5 nitrogen and oxygen atoms in total. The van der Waals surface area contributed by atoms with Crippen molar-refractivity contribution < 1.29 is 17.7 Å². The first-order chi connectivity index (χ1) is 6.31.